The number of halogens is 1. The summed E-state index contributed by atoms with van der Waals surface area (Å²) in [6.45, 7) is 2.88. The maximum atomic E-state index is 12.3. The van der Waals surface area contributed by atoms with Crippen molar-refractivity contribution in [1.82, 2.24) is 4.90 Å². The molecule has 3 rings (SSSR count). The second kappa shape index (κ2) is 9.58. The van der Waals surface area contributed by atoms with Gasteiger partial charge in [0.05, 0.1) is 24.8 Å². The van der Waals surface area contributed by atoms with E-state index in [-0.39, 0.29) is 5.91 Å². The Morgan fingerprint density at radius 1 is 1.22 bits per heavy atom. The van der Waals surface area contributed by atoms with Crippen molar-refractivity contribution in [2.75, 3.05) is 33.4 Å². The molecule has 1 aliphatic heterocycles. The lowest BCUT2D eigenvalue weighted by Crippen LogP contribution is -2.39. The number of ether oxygens (including phenoxy) is 3. The Kier molecular flexibility index (Phi) is 6.90. The van der Waals surface area contributed by atoms with Gasteiger partial charge in [0.25, 0.3) is 0 Å². The lowest BCUT2D eigenvalue weighted by atomic mass is 10.1. The molecule has 1 amide bonds. The van der Waals surface area contributed by atoms with Gasteiger partial charge in [0, 0.05) is 19.2 Å². The summed E-state index contributed by atoms with van der Waals surface area (Å²) in [5.74, 6) is 1.23. The topological polar surface area (TPSA) is 48.0 Å². The van der Waals surface area contributed by atoms with E-state index in [2.05, 4.69) is 15.9 Å². The van der Waals surface area contributed by atoms with Crippen LogP contribution in [0.3, 0.4) is 0 Å². The summed E-state index contributed by atoms with van der Waals surface area (Å²) >= 11 is 3.55. The average molecular weight is 432 g/mol. The van der Waals surface area contributed by atoms with Gasteiger partial charge in [-0.15, -0.1) is 0 Å². The van der Waals surface area contributed by atoms with Crippen LogP contribution in [0.5, 0.6) is 11.5 Å². The molecular weight excluding hydrogens is 410 g/mol. The van der Waals surface area contributed by atoms with Crippen molar-refractivity contribution in [2.24, 2.45) is 0 Å². The first kappa shape index (κ1) is 19.5. The zero-order valence-electron chi connectivity index (χ0n) is 15.2. The maximum absolute atomic E-state index is 12.3. The van der Waals surface area contributed by atoms with Crippen molar-refractivity contribution in [2.45, 2.75) is 6.61 Å². The lowest BCUT2D eigenvalue weighted by Gasteiger charge is -2.25. The molecule has 1 fully saturated rings. The van der Waals surface area contributed by atoms with E-state index in [1.807, 2.05) is 42.5 Å². The Morgan fingerprint density at radius 2 is 1.96 bits per heavy atom. The highest BCUT2D eigenvalue weighted by atomic mass is 79.9. The van der Waals surface area contributed by atoms with E-state index in [1.54, 1.807) is 24.2 Å². The Labute approximate surface area is 167 Å². The van der Waals surface area contributed by atoms with Crippen LogP contribution in [0.1, 0.15) is 11.1 Å². The monoisotopic (exact) mass is 431 g/mol. The molecule has 0 bridgehead atoms. The average Bonchev–Trinajstić information content (AvgIpc) is 2.72. The highest BCUT2D eigenvalue weighted by Gasteiger charge is 2.15. The van der Waals surface area contributed by atoms with Crippen LogP contribution in [0.15, 0.2) is 53.0 Å². The zero-order valence-corrected chi connectivity index (χ0v) is 16.8. The molecule has 27 heavy (non-hydrogen) atoms. The largest absolute Gasteiger partial charge is 0.493 e. The number of hydrogen-bond acceptors (Lipinski definition) is 4. The van der Waals surface area contributed by atoms with Crippen LogP contribution in [0, 0.1) is 0 Å². The molecule has 142 valence electrons. The number of amides is 1. The van der Waals surface area contributed by atoms with E-state index in [4.69, 9.17) is 14.2 Å². The molecule has 2 aromatic rings. The van der Waals surface area contributed by atoms with Gasteiger partial charge in [-0.1, -0.05) is 30.3 Å². The number of hydrogen-bond donors (Lipinski definition) is 0. The molecule has 0 aromatic heterocycles. The van der Waals surface area contributed by atoms with Crippen LogP contribution in [0.25, 0.3) is 6.08 Å². The quantitative estimate of drug-likeness (QED) is 0.650. The first-order valence-corrected chi connectivity index (χ1v) is 9.55. The van der Waals surface area contributed by atoms with Gasteiger partial charge in [-0.2, -0.15) is 0 Å². The SMILES string of the molecule is COc1cc(/C=C/C(=O)N2CCOCC2)cc(Br)c1OCc1ccccc1. The van der Waals surface area contributed by atoms with Gasteiger partial charge < -0.3 is 19.1 Å². The van der Waals surface area contributed by atoms with Crippen LogP contribution < -0.4 is 9.47 Å². The highest BCUT2D eigenvalue weighted by molar-refractivity contribution is 9.10. The fraction of sp³-hybridized carbons (Fsp3) is 0.286. The van der Waals surface area contributed by atoms with Gasteiger partial charge >= 0.3 is 0 Å². The Bertz CT molecular complexity index is 801. The number of morpholine rings is 1. The molecule has 6 heteroatoms. The van der Waals surface area contributed by atoms with Gasteiger partial charge in [-0.25, -0.2) is 0 Å². The van der Waals surface area contributed by atoms with Gasteiger partial charge in [0.1, 0.15) is 6.61 Å². The molecular formula is C21H22BrNO4. The van der Waals surface area contributed by atoms with Gasteiger partial charge in [-0.05, 0) is 45.3 Å². The molecule has 0 N–H and O–H groups in total. The highest BCUT2D eigenvalue weighted by Crippen LogP contribution is 2.37. The summed E-state index contributed by atoms with van der Waals surface area (Å²) in [6.07, 6.45) is 3.36. The van der Waals surface area contributed by atoms with Crippen LogP contribution >= 0.6 is 15.9 Å². The third kappa shape index (κ3) is 5.34. The first-order chi connectivity index (χ1) is 13.2. The predicted octanol–water partition coefficient (Wildman–Crippen LogP) is 3.91. The molecule has 0 unspecified atom stereocenters. The van der Waals surface area contributed by atoms with Crippen LogP contribution in [0.4, 0.5) is 0 Å². The molecule has 0 radical (unpaired) electrons. The molecule has 5 nitrogen and oxygen atoms in total. The molecule has 0 atom stereocenters. The molecule has 1 heterocycles. The van der Waals surface area contributed by atoms with E-state index in [0.29, 0.717) is 44.4 Å². The molecule has 0 spiro atoms. The van der Waals surface area contributed by atoms with Crippen molar-refractivity contribution >= 4 is 27.9 Å². The van der Waals surface area contributed by atoms with Gasteiger partial charge in [0.15, 0.2) is 11.5 Å². The van der Waals surface area contributed by atoms with Gasteiger partial charge in [-0.3, -0.25) is 4.79 Å². The Hall–Kier alpha value is -2.31. The summed E-state index contributed by atoms with van der Waals surface area (Å²) in [7, 11) is 1.60. The normalized spacial score (nSPS) is 14.4. The Morgan fingerprint density at radius 3 is 2.67 bits per heavy atom. The zero-order chi connectivity index (χ0) is 19.1. The Balaban J connectivity index is 1.71. The van der Waals surface area contributed by atoms with Crippen molar-refractivity contribution in [3.63, 3.8) is 0 Å². The minimum Gasteiger partial charge on any atom is -0.493 e. The standard InChI is InChI=1S/C21H22BrNO4/c1-25-19-14-17(7-8-20(24)23-9-11-26-12-10-23)13-18(22)21(19)27-15-16-5-3-2-4-6-16/h2-8,13-14H,9-12,15H2,1H3/b8-7+. The molecule has 1 aliphatic rings. The van der Waals surface area contributed by atoms with Crippen molar-refractivity contribution < 1.29 is 19.0 Å². The third-order valence-electron chi connectivity index (χ3n) is 4.22. The van der Waals surface area contributed by atoms with E-state index >= 15 is 0 Å². The molecule has 0 saturated carbocycles. The number of benzene rings is 2. The third-order valence-corrected chi connectivity index (χ3v) is 4.81. The summed E-state index contributed by atoms with van der Waals surface area (Å²) in [5, 5.41) is 0. The number of carbonyl (C=O) groups is 1. The predicted molar refractivity (Wildman–Crippen MR) is 108 cm³/mol. The molecule has 2 aromatic carbocycles. The number of nitrogens with zero attached hydrogens (tertiary/aromatic N) is 1. The minimum atomic E-state index is -0.0159. The summed E-state index contributed by atoms with van der Waals surface area (Å²) in [6, 6.07) is 13.7. The van der Waals surface area contributed by atoms with Crippen molar-refractivity contribution in [1.29, 1.82) is 0 Å². The molecule has 0 aliphatic carbocycles. The van der Waals surface area contributed by atoms with E-state index in [0.717, 1.165) is 15.6 Å². The minimum absolute atomic E-state index is 0.0159. The molecule has 1 saturated heterocycles. The lowest BCUT2D eigenvalue weighted by molar-refractivity contribution is -0.129. The summed E-state index contributed by atoms with van der Waals surface area (Å²) < 4.78 is 17.5. The number of rotatable bonds is 6. The van der Waals surface area contributed by atoms with E-state index < -0.39 is 0 Å². The van der Waals surface area contributed by atoms with Crippen LogP contribution in [-0.2, 0) is 16.1 Å². The van der Waals surface area contributed by atoms with E-state index in [9.17, 15) is 4.79 Å². The van der Waals surface area contributed by atoms with Crippen LogP contribution in [-0.4, -0.2) is 44.2 Å². The van der Waals surface area contributed by atoms with E-state index in [1.165, 1.54) is 0 Å². The number of carbonyl (C=O) groups excluding carboxylic acids is 1. The fourth-order valence-electron chi connectivity index (χ4n) is 2.76. The van der Waals surface area contributed by atoms with Crippen LogP contribution in [0.2, 0.25) is 0 Å². The first-order valence-electron chi connectivity index (χ1n) is 8.76. The van der Waals surface area contributed by atoms with Gasteiger partial charge in [0.2, 0.25) is 5.91 Å². The summed E-state index contributed by atoms with van der Waals surface area (Å²) in [4.78, 5) is 14.0. The smallest absolute Gasteiger partial charge is 0.246 e. The van der Waals surface area contributed by atoms with Crippen molar-refractivity contribution in [3.8, 4) is 11.5 Å². The summed E-state index contributed by atoms with van der Waals surface area (Å²) in [5.41, 5.74) is 1.93. The fourth-order valence-corrected chi connectivity index (χ4v) is 3.34. The number of methoxy groups -OCH3 is 1. The van der Waals surface area contributed by atoms with Crippen molar-refractivity contribution in [3.05, 3.63) is 64.1 Å². The second-order valence-electron chi connectivity index (χ2n) is 6.08. The maximum Gasteiger partial charge on any atom is 0.246 e. The second-order valence-corrected chi connectivity index (χ2v) is 6.93.